The standard InChI is InChI=1S/C19H36O3/c1-13(2)11-16(9-10-19(6,7)22-8)15(5)17(18(20)21)12-14(3)4/h13-14,16H,9-12H2,1-8H3,(H,20,21). The maximum absolute atomic E-state index is 11.6. The third kappa shape index (κ3) is 7.98. The van der Waals surface area contributed by atoms with Crippen LogP contribution >= 0.6 is 0 Å². The first kappa shape index (κ1) is 21.2. The molecule has 1 unspecified atom stereocenters. The second-order valence-electron chi connectivity index (χ2n) is 7.89. The van der Waals surface area contributed by atoms with Gasteiger partial charge in [-0.15, -0.1) is 0 Å². The van der Waals surface area contributed by atoms with Gasteiger partial charge in [-0.05, 0) is 64.2 Å². The van der Waals surface area contributed by atoms with Crippen LogP contribution in [0.25, 0.3) is 0 Å². The van der Waals surface area contributed by atoms with Gasteiger partial charge in [-0.3, -0.25) is 0 Å². The second kappa shape index (κ2) is 9.34. The zero-order valence-electron chi connectivity index (χ0n) is 15.8. The van der Waals surface area contributed by atoms with Gasteiger partial charge in [0.15, 0.2) is 0 Å². The van der Waals surface area contributed by atoms with E-state index in [1.54, 1.807) is 7.11 Å². The Balaban J connectivity index is 5.32. The van der Waals surface area contributed by atoms with Crippen molar-refractivity contribution < 1.29 is 14.6 Å². The van der Waals surface area contributed by atoms with E-state index >= 15 is 0 Å². The highest BCUT2D eigenvalue weighted by Crippen LogP contribution is 2.32. The lowest BCUT2D eigenvalue weighted by molar-refractivity contribution is -0.133. The van der Waals surface area contributed by atoms with E-state index in [0.717, 1.165) is 24.8 Å². The van der Waals surface area contributed by atoms with Crippen molar-refractivity contribution in [3.8, 4) is 0 Å². The SMILES string of the molecule is COC(C)(C)CCC(CC(C)C)C(C)=C(CC(C)C)C(=O)O. The maximum Gasteiger partial charge on any atom is 0.331 e. The molecule has 0 spiro atoms. The van der Waals surface area contributed by atoms with Crippen LogP contribution in [0, 0.1) is 17.8 Å². The first-order valence-electron chi connectivity index (χ1n) is 8.48. The van der Waals surface area contributed by atoms with Crippen molar-refractivity contribution in [1.29, 1.82) is 0 Å². The summed E-state index contributed by atoms with van der Waals surface area (Å²) in [5, 5.41) is 9.57. The number of carbonyl (C=O) groups is 1. The maximum atomic E-state index is 11.6. The van der Waals surface area contributed by atoms with Gasteiger partial charge in [0, 0.05) is 12.7 Å². The minimum atomic E-state index is -0.758. The van der Waals surface area contributed by atoms with E-state index in [0.29, 0.717) is 29.7 Å². The van der Waals surface area contributed by atoms with E-state index < -0.39 is 5.97 Å². The molecular weight excluding hydrogens is 276 g/mol. The van der Waals surface area contributed by atoms with Crippen LogP contribution in [0.5, 0.6) is 0 Å². The lowest BCUT2D eigenvalue weighted by atomic mass is 9.81. The molecule has 0 fully saturated rings. The fourth-order valence-electron chi connectivity index (χ4n) is 2.78. The summed E-state index contributed by atoms with van der Waals surface area (Å²) in [6, 6.07) is 0. The molecule has 3 nitrogen and oxygen atoms in total. The Labute approximate surface area is 137 Å². The van der Waals surface area contributed by atoms with Gasteiger partial charge in [-0.2, -0.15) is 0 Å². The van der Waals surface area contributed by atoms with E-state index in [-0.39, 0.29) is 5.60 Å². The van der Waals surface area contributed by atoms with E-state index in [1.807, 2.05) is 6.92 Å². The average molecular weight is 312 g/mol. The summed E-state index contributed by atoms with van der Waals surface area (Å²) in [5.41, 5.74) is 1.51. The fraction of sp³-hybridized carbons (Fsp3) is 0.842. The summed E-state index contributed by atoms with van der Waals surface area (Å²) in [7, 11) is 1.74. The van der Waals surface area contributed by atoms with Gasteiger partial charge in [-0.1, -0.05) is 33.3 Å². The molecule has 0 aliphatic carbocycles. The topological polar surface area (TPSA) is 46.5 Å². The summed E-state index contributed by atoms with van der Waals surface area (Å²) in [4.78, 5) is 11.6. The van der Waals surface area contributed by atoms with E-state index in [9.17, 15) is 9.90 Å². The Kier molecular flexibility index (Phi) is 8.99. The summed E-state index contributed by atoms with van der Waals surface area (Å²) < 4.78 is 5.51. The van der Waals surface area contributed by atoms with Gasteiger partial charge >= 0.3 is 5.97 Å². The Morgan fingerprint density at radius 1 is 1.14 bits per heavy atom. The molecule has 0 radical (unpaired) electrons. The molecule has 0 saturated heterocycles. The molecule has 0 aromatic carbocycles. The Morgan fingerprint density at radius 3 is 2.05 bits per heavy atom. The Bertz CT molecular complexity index is 378. The molecule has 1 atom stereocenters. The predicted octanol–water partition coefficient (Wildman–Crippen LogP) is 5.30. The van der Waals surface area contributed by atoms with Crippen LogP contribution in [0.3, 0.4) is 0 Å². The van der Waals surface area contributed by atoms with Crippen LogP contribution in [0.15, 0.2) is 11.1 Å². The monoisotopic (exact) mass is 312 g/mol. The molecule has 0 amide bonds. The van der Waals surface area contributed by atoms with Crippen LogP contribution in [0.4, 0.5) is 0 Å². The fourth-order valence-corrected chi connectivity index (χ4v) is 2.78. The number of ether oxygens (including phenoxy) is 1. The molecule has 0 heterocycles. The molecule has 130 valence electrons. The predicted molar refractivity (Wildman–Crippen MR) is 93.1 cm³/mol. The van der Waals surface area contributed by atoms with Crippen LogP contribution in [0.2, 0.25) is 0 Å². The van der Waals surface area contributed by atoms with E-state index in [2.05, 4.69) is 41.5 Å². The minimum absolute atomic E-state index is 0.156. The normalized spacial score (nSPS) is 15.2. The van der Waals surface area contributed by atoms with Crippen molar-refractivity contribution in [2.24, 2.45) is 17.8 Å². The number of carboxylic acids is 1. The Morgan fingerprint density at radius 2 is 1.68 bits per heavy atom. The van der Waals surface area contributed by atoms with Crippen LogP contribution in [0.1, 0.15) is 74.1 Å². The lowest BCUT2D eigenvalue weighted by Crippen LogP contribution is -2.24. The number of hydrogen-bond acceptors (Lipinski definition) is 2. The molecule has 1 N–H and O–H groups in total. The third-order valence-corrected chi connectivity index (χ3v) is 4.36. The number of aliphatic carboxylic acids is 1. The van der Waals surface area contributed by atoms with E-state index in [1.165, 1.54) is 0 Å². The van der Waals surface area contributed by atoms with Gasteiger partial charge in [0.2, 0.25) is 0 Å². The van der Waals surface area contributed by atoms with Crippen molar-refractivity contribution in [1.82, 2.24) is 0 Å². The second-order valence-corrected chi connectivity index (χ2v) is 7.89. The quantitative estimate of drug-likeness (QED) is 0.557. The van der Waals surface area contributed by atoms with Crippen molar-refractivity contribution in [3.63, 3.8) is 0 Å². The summed E-state index contributed by atoms with van der Waals surface area (Å²) >= 11 is 0. The molecule has 3 heteroatoms. The highest BCUT2D eigenvalue weighted by molar-refractivity contribution is 5.87. The Hall–Kier alpha value is -0.830. The largest absolute Gasteiger partial charge is 0.478 e. The van der Waals surface area contributed by atoms with Crippen LogP contribution < -0.4 is 0 Å². The van der Waals surface area contributed by atoms with Gasteiger partial charge in [-0.25, -0.2) is 4.79 Å². The zero-order chi connectivity index (χ0) is 17.5. The number of allylic oxidation sites excluding steroid dienone is 1. The van der Waals surface area contributed by atoms with Crippen LogP contribution in [-0.2, 0) is 9.53 Å². The van der Waals surface area contributed by atoms with Crippen molar-refractivity contribution >= 4 is 5.97 Å². The molecule has 0 aromatic heterocycles. The third-order valence-electron chi connectivity index (χ3n) is 4.36. The summed E-state index contributed by atoms with van der Waals surface area (Å²) in [5.74, 6) is 0.473. The first-order valence-corrected chi connectivity index (χ1v) is 8.48. The number of carboxylic acid groups (broad SMARTS) is 1. The van der Waals surface area contributed by atoms with Crippen molar-refractivity contribution in [2.45, 2.75) is 79.8 Å². The number of hydrogen-bond donors (Lipinski definition) is 1. The molecule has 0 aliphatic rings. The highest BCUT2D eigenvalue weighted by Gasteiger charge is 2.24. The number of methoxy groups -OCH3 is 1. The molecule has 0 saturated carbocycles. The molecule has 0 aromatic rings. The van der Waals surface area contributed by atoms with Crippen LogP contribution in [-0.4, -0.2) is 23.8 Å². The molecule has 22 heavy (non-hydrogen) atoms. The van der Waals surface area contributed by atoms with Gasteiger partial charge in [0.1, 0.15) is 0 Å². The molecular formula is C19H36O3. The van der Waals surface area contributed by atoms with E-state index in [4.69, 9.17) is 4.74 Å². The van der Waals surface area contributed by atoms with Gasteiger partial charge in [0.05, 0.1) is 5.60 Å². The lowest BCUT2D eigenvalue weighted by Gasteiger charge is -2.28. The average Bonchev–Trinajstić information content (AvgIpc) is 2.39. The van der Waals surface area contributed by atoms with Gasteiger partial charge in [0.25, 0.3) is 0 Å². The summed E-state index contributed by atoms with van der Waals surface area (Å²) in [6.45, 7) is 14.7. The molecule has 0 bridgehead atoms. The number of rotatable bonds is 10. The van der Waals surface area contributed by atoms with Crippen molar-refractivity contribution in [2.75, 3.05) is 7.11 Å². The van der Waals surface area contributed by atoms with Crippen molar-refractivity contribution in [3.05, 3.63) is 11.1 Å². The molecule has 0 rings (SSSR count). The highest BCUT2D eigenvalue weighted by atomic mass is 16.5. The minimum Gasteiger partial charge on any atom is -0.478 e. The summed E-state index contributed by atoms with van der Waals surface area (Å²) in [6.07, 6.45) is 3.58. The zero-order valence-corrected chi connectivity index (χ0v) is 15.8. The van der Waals surface area contributed by atoms with Gasteiger partial charge < -0.3 is 9.84 Å². The smallest absolute Gasteiger partial charge is 0.331 e. The first-order chi connectivity index (χ1) is 10.00. The molecule has 0 aliphatic heterocycles.